The van der Waals surface area contributed by atoms with E-state index in [1.807, 2.05) is 22.9 Å². The minimum atomic E-state index is -0.328. The van der Waals surface area contributed by atoms with Crippen molar-refractivity contribution in [3.8, 4) is 5.69 Å². The van der Waals surface area contributed by atoms with Crippen LogP contribution in [0.5, 0.6) is 0 Å². The lowest BCUT2D eigenvalue weighted by Gasteiger charge is -2.23. The van der Waals surface area contributed by atoms with Crippen molar-refractivity contribution >= 4 is 5.97 Å². The number of rotatable bonds is 3. The zero-order chi connectivity index (χ0) is 15.7. The van der Waals surface area contributed by atoms with Crippen molar-refractivity contribution in [3.05, 3.63) is 46.8 Å². The number of carbonyl (C=O) groups excluding carboxylic acids is 1. The number of hydrogen-bond donors (Lipinski definition) is 0. The van der Waals surface area contributed by atoms with Crippen molar-refractivity contribution in [2.75, 3.05) is 20.7 Å². The molecule has 0 spiro atoms. The largest absolute Gasteiger partial charge is 0.465 e. The molecule has 0 aliphatic carbocycles. The van der Waals surface area contributed by atoms with Crippen molar-refractivity contribution in [1.82, 2.24) is 14.7 Å². The van der Waals surface area contributed by atoms with E-state index in [0.29, 0.717) is 5.56 Å². The van der Waals surface area contributed by atoms with Crippen LogP contribution >= 0.6 is 0 Å². The number of carbonyl (C=O) groups is 1. The van der Waals surface area contributed by atoms with Gasteiger partial charge in [-0.2, -0.15) is 5.10 Å². The molecule has 0 bridgehead atoms. The average molecular weight is 299 g/mol. The molecule has 1 aromatic carbocycles. The summed E-state index contributed by atoms with van der Waals surface area (Å²) in [5, 5.41) is 4.77. The monoisotopic (exact) mass is 299 g/mol. The number of benzene rings is 1. The topological polar surface area (TPSA) is 47.4 Å². The van der Waals surface area contributed by atoms with Crippen LogP contribution in [-0.4, -0.2) is 41.4 Å². The van der Waals surface area contributed by atoms with Crippen LogP contribution in [-0.2, 0) is 24.1 Å². The number of para-hydroxylation sites is 1. The van der Waals surface area contributed by atoms with Crippen molar-refractivity contribution in [2.45, 2.75) is 26.3 Å². The highest BCUT2D eigenvalue weighted by Crippen LogP contribution is 2.26. The van der Waals surface area contributed by atoms with Gasteiger partial charge in [-0.3, -0.25) is 0 Å². The highest BCUT2D eigenvalue weighted by atomic mass is 16.5. The second-order valence-corrected chi connectivity index (χ2v) is 5.63. The Morgan fingerprint density at radius 1 is 1.36 bits per heavy atom. The van der Waals surface area contributed by atoms with Gasteiger partial charge in [0.25, 0.3) is 0 Å². The van der Waals surface area contributed by atoms with Crippen LogP contribution in [0.2, 0.25) is 0 Å². The third-order valence-electron chi connectivity index (χ3n) is 4.20. The predicted molar refractivity (Wildman–Crippen MR) is 84.3 cm³/mol. The fourth-order valence-corrected chi connectivity index (χ4v) is 3.05. The van der Waals surface area contributed by atoms with E-state index in [2.05, 4.69) is 18.9 Å². The van der Waals surface area contributed by atoms with E-state index in [-0.39, 0.29) is 5.97 Å². The summed E-state index contributed by atoms with van der Waals surface area (Å²) < 4.78 is 6.84. The van der Waals surface area contributed by atoms with E-state index in [1.54, 1.807) is 6.07 Å². The lowest BCUT2D eigenvalue weighted by molar-refractivity contribution is 0.0600. The smallest absolute Gasteiger partial charge is 0.340 e. The van der Waals surface area contributed by atoms with Gasteiger partial charge in [0.2, 0.25) is 0 Å². The molecule has 0 unspecified atom stereocenters. The number of aryl methyl sites for hydroxylation is 1. The Labute approximate surface area is 130 Å². The van der Waals surface area contributed by atoms with Gasteiger partial charge in [0, 0.05) is 25.1 Å². The number of likely N-dealkylation sites (N-methyl/N-ethyl adjacent to an activating group) is 1. The minimum Gasteiger partial charge on any atom is -0.465 e. The Morgan fingerprint density at radius 3 is 2.86 bits per heavy atom. The van der Waals surface area contributed by atoms with Gasteiger partial charge in [0.05, 0.1) is 29.7 Å². The van der Waals surface area contributed by atoms with Crippen molar-refractivity contribution in [3.63, 3.8) is 0 Å². The maximum Gasteiger partial charge on any atom is 0.340 e. The van der Waals surface area contributed by atoms with E-state index in [4.69, 9.17) is 9.84 Å². The van der Waals surface area contributed by atoms with E-state index < -0.39 is 0 Å². The maximum atomic E-state index is 12.0. The minimum absolute atomic E-state index is 0.328. The lowest BCUT2D eigenvalue weighted by Crippen LogP contribution is -2.27. The van der Waals surface area contributed by atoms with E-state index >= 15 is 0 Å². The second kappa shape index (κ2) is 5.93. The summed E-state index contributed by atoms with van der Waals surface area (Å²) in [6, 6.07) is 7.49. The van der Waals surface area contributed by atoms with Gasteiger partial charge >= 0.3 is 5.97 Å². The van der Waals surface area contributed by atoms with Gasteiger partial charge in [-0.25, -0.2) is 9.48 Å². The molecule has 22 heavy (non-hydrogen) atoms. The zero-order valence-electron chi connectivity index (χ0n) is 13.3. The Balaban J connectivity index is 2.16. The van der Waals surface area contributed by atoms with Crippen LogP contribution in [0.1, 0.15) is 34.2 Å². The summed E-state index contributed by atoms with van der Waals surface area (Å²) in [6.07, 6.45) is 1.83. The highest BCUT2D eigenvalue weighted by Gasteiger charge is 2.25. The molecule has 1 aliphatic rings. The molecule has 0 radical (unpaired) electrons. The van der Waals surface area contributed by atoms with E-state index in [0.717, 1.165) is 37.3 Å². The average Bonchev–Trinajstić information content (AvgIpc) is 2.91. The molecular weight excluding hydrogens is 278 g/mol. The lowest BCUT2D eigenvalue weighted by atomic mass is 10.0. The molecule has 0 N–H and O–H groups in total. The first-order valence-electron chi connectivity index (χ1n) is 7.61. The molecule has 3 rings (SSSR count). The van der Waals surface area contributed by atoms with Gasteiger partial charge in [-0.15, -0.1) is 0 Å². The molecule has 2 heterocycles. The number of hydrogen-bond acceptors (Lipinski definition) is 4. The molecule has 116 valence electrons. The van der Waals surface area contributed by atoms with Gasteiger partial charge in [-0.1, -0.05) is 19.1 Å². The van der Waals surface area contributed by atoms with Crippen LogP contribution < -0.4 is 0 Å². The number of esters is 1. The first-order valence-corrected chi connectivity index (χ1v) is 7.61. The van der Waals surface area contributed by atoms with Crippen molar-refractivity contribution in [1.29, 1.82) is 0 Å². The van der Waals surface area contributed by atoms with Gasteiger partial charge < -0.3 is 9.64 Å². The number of nitrogens with zero attached hydrogens (tertiary/aromatic N) is 3. The summed E-state index contributed by atoms with van der Waals surface area (Å²) in [5.41, 5.74) is 4.98. The van der Waals surface area contributed by atoms with Crippen LogP contribution in [0.25, 0.3) is 5.69 Å². The molecule has 0 saturated heterocycles. The summed E-state index contributed by atoms with van der Waals surface area (Å²) in [4.78, 5) is 14.3. The fourth-order valence-electron chi connectivity index (χ4n) is 3.05. The molecule has 0 fully saturated rings. The van der Waals surface area contributed by atoms with E-state index in [9.17, 15) is 4.79 Å². The SMILES string of the molecule is CCc1nn(-c2ccccc2C(=O)OC)c2c1CN(C)CC2. The molecule has 0 amide bonds. The van der Waals surface area contributed by atoms with Crippen LogP contribution in [0, 0.1) is 0 Å². The Kier molecular flexibility index (Phi) is 3.98. The number of ether oxygens (including phenoxy) is 1. The molecule has 0 atom stereocenters. The summed E-state index contributed by atoms with van der Waals surface area (Å²) >= 11 is 0. The summed E-state index contributed by atoms with van der Waals surface area (Å²) in [6.45, 7) is 4.04. The fraction of sp³-hybridized carbons (Fsp3) is 0.412. The number of fused-ring (bicyclic) bond motifs is 1. The van der Waals surface area contributed by atoms with Crippen LogP contribution in [0.3, 0.4) is 0 Å². The molecule has 5 heteroatoms. The first-order chi connectivity index (χ1) is 10.7. The van der Waals surface area contributed by atoms with Gasteiger partial charge in [0.1, 0.15) is 0 Å². The standard InChI is InChI=1S/C17H21N3O2/c1-4-14-13-11-19(2)10-9-16(13)20(18-14)15-8-6-5-7-12(15)17(21)22-3/h5-8H,4,9-11H2,1-3H3. The molecule has 1 aromatic heterocycles. The molecule has 2 aromatic rings. The summed E-state index contributed by atoms with van der Waals surface area (Å²) in [5.74, 6) is -0.328. The molecular formula is C17H21N3O2. The third-order valence-corrected chi connectivity index (χ3v) is 4.20. The predicted octanol–water partition coefficient (Wildman–Crippen LogP) is 2.21. The zero-order valence-corrected chi connectivity index (χ0v) is 13.3. The number of aromatic nitrogens is 2. The summed E-state index contributed by atoms with van der Waals surface area (Å²) in [7, 11) is 3.53. The normalized spacial score (nSPS) is 14.7. The Morgan fingerprint density at radius 2 is 2.14 bits per heavy atom. The van der Waals surface area contributed by atoms with Crippen LogP contribution in [0.15, 0.2) is 24.3 Å². The van der Waals surface area contributed by atoms with Crippen molar-refractivity contribution in [2.24, 2.45) is 0 Å². The van der Waals surface area contributed by atoms with Gasteiger partial charge in [0.15, 0.2) is 0 Å². The molecule has 0 saturated carbocycles. The van der Waals surface area contributed by atoms with Crippen molar-refractivity contribution < 1.29 is 9.53 Å². The third kappa shape index (κ3) is 2.41. The molecule has 1 aliphatic heterocycles. The quantitative estimate of drug-likeness (QED) is 0.815. The number of methoxy groups -OCH3 is 1. The molecule has 5 nitrogen and oxygen atoms in total. The van der Waals surface area contributed by atoms with E-state index in [1.165, 1.54) is 18.4 Å². The Bertz CT molecular complexity index is 706. The van der Waals surface area contributed by atoms with Gasteiger partial charge in [-0.05, 0) is 25.6 Å². The highest BCUT2D eigenvalue weighted by molar-refractivity contribution is 5.93. The second-order valence-electron chi connectivity index (χ2n) is 5.63. The maximum absolute atomic E-state index is 12.0. The first kappa shape index (κ1) is 14.8. The Hall–Kier alpha value is -2.14. The van der Waals surface area contributed by atoms with Crippen LogP contribution in [0.4, 0.5) is 0 Å².